The number of benzene rings is 1. The van der Waals surface area contributed by atoms with Crippen LogP contribution in [-0.4, -0.2) is 4.98 Å². The molecule has 0 amide bonds. The van der Waals surface area contributed by atoms with Gasteiger partial charge in [-0.25, -0.2) is 4.39 Å². The van der Waals surface area contributed by atoms with Crippen molar-refractivity contribution in [3.8, 4) is 11.6 Å². The van der Waals surface area contributed by atoms with Gasteiger partial charge in [-0.1, -0.05) is 34.8 Å². The van der Waals surface area contributed by atoms with Crippen molar-refractivity contribution in [2.45, 2.75) is 6.18 Å². The maximum Gasteiger partial charge on any atom is 0.419 e. The first kappa shape index (κ1) is 16.1. The lowest BCUT2D eigenvalue weighted by Crippen LogP contribution is -2.08. The molecule has 0 fully saturated rings. The molecule has 1 aromatic heterocycles. The van der Waals surface area contributed by atoms with Gasteiger partial charge in [0.05, 0.1) is 10.6 Å². The molecule has 9 heteroatoms. The van der Waals surface area contributed by atoms with E-state index in [2.05, 4.69) is 4.98 Å². The molecule has 2 aromatic rings. The van der Waals surface area contributed by atoms with Crippen molar-refractivity contribution < 1.29 is 22.3 Å². The van der Waals surface area contributed by atoms with Gasteiger partial charge in [-0.15, -0.1) is 0 Å². The zero-order valence-electron chi connectivity index (χ0n) is 9.81. The van der Waals surface area contributed by atoms with E-state index in [0.717, 1.165) is 6.07 Å². The maximum absolute atomic E-state index is 13.1. The quantitative estimate of drug-likeness (QED) is 0.484. The van der Waals surface area contributed by atoms with E-state index in [4.69, 9.17) is 39.5 Å². The lowest BCUT2D eigenvalue weighted by Gasteiger charge is -2.11. The van der Waals surface area contributed by atoms with Crippen LogP contribution in [-0.2, 0) is 6.18 Å². The smallest absolute Gasteiger partial charge is 0.419 e. The average Bonchev–Trinajstić information content (AvgIpc) is 2.37. The van der Waals surface area contributed by atoms with E-state index in [-0.39, 0.29) is 26.8 Å². The number of rotatable bonds is 2. The summed E-state index contributed by atoms with van der Waals surface area (Å²) in [6, 6.07) is 3.35. The number of pyridine rings is 1. The fourth-order valence-corrected chi connectivity index (χ4v) is 1.93. The molecule has 0 unspecified atom stereocenters. The first-order valence-electron chi connectivity index (χ1n) is 5.24. The molecule has 0 atom stereocenters. The standard InChI is InChI=1S/C12H4Cl3F4NO/c13-7-4-8(14)11(20-10(7)15)21-5-1-2-9(16)6(3-5)12(17,18)19/h1-4H. The summed E-state index contributed by atoms with van der Waals surface area (Å²) >= 11 is 17.1. The molecule has 1 heterocycles. The van der Waals surface area contributed by atoms with Crippen LogP contribution in [0.3, 0.4) is 0 Å². The monoisotopic (exact) mass is 359 g/mol. The second kappa shape index (κ2) is 5.87. The third-order valence-electron chi connectivity index (χ3n) is 2.31. The van der Waals surface area contributed by atoms with E-state index in [9.17, 15) is 17.6 Å². The van der Waals surface area contributed by atoms with Crippen molar-refractivity contribution in [2.24, 2.45) is 0 Å². The van der Waals surface area contributed by atoms with Crippen LogP contribution in [0.1, 0.15) is 5.56 Å². The van der Waals surface area contributed by atoms with Gasteiger partial charge in [0, 0.05) is 0 Å². The molecule has 2 rings (SSSR count). The Bertz CT molecular complexity index is 691. The van der Waals surface area contributed by atoms with Gasteiger partial charge in [-0.3, -0.25) is 0 Å². The van der Waals surface area contributed by atoms with Gasteiger partial charge in [-0.05, 0) is 24.3 Å². The fraction of sp³-hybridized carbons (Fsp3) is 0.0833. The minimum Gasteiger partial charge on any atom is -0.437 e. The lowest BCUT2D eigenvalue weighted by molar-refractivity contribution is -0.140. The highest BCUT2D eigenvalue weighted by Gasteiger charge is 2.34. The predicted octanol–water partition coefficient (Wildman–Crippen LogP) is 5.99. The second-order valence-electron chi connectivity index (χ2n) is 3.79. The fourth-order valence-electron chi connectivity index (χ4n) is 1.40. The highest BCUT2D eigenvalue weighted by molar-refractivity contribution is 6.42. The summed E-state index contributed by atoms with van der Waals surface area (Å²) in [5.74, 6) is -1.95. The molecule has 0 spiro atoms. The summed E-state index contributed by atoms with van der Waals surface area (Å²) in [4.78, 5) is 3.69. The first-order valence-corrected chi connectivity index (χ1v) is 6.38. The van der Waals surface area contributed by atoms with Gasteiger partial charge in [0.15, 0.2) is 5.15 Å². The van der Waals surface area contributed by atoms with Crippen LogP contribution >= 0.6 is 34.8 Å². The summed E-state index contributed by atoms with van der Waals surface area (Å²) in [7, 11) is 0. The molecular formula is C12H4Cl3F4NO. The minimum atomic E-state index is -4.85. The number of aromatic nitrogens is 1. The number of halogens is 7. The molecule has 0 saturated heterocycles. The van der Waals surface area contributed by atoms with E-state index >= 15 is 0 Å². The molecule has 0 aliphatic rings. The van der Waals surface area contributed by atoms with Crippen molar-refractivity contribution in [3.63, 3.8) is 0 Å². The predicted molar refractivity (Wildman–Crippen MR) is 70.7 cm³/mol. The van der Waals surface area contributed by atoms with Crippen LogP contribution < -0.4 is 4.74 Å². The average molecular weight is 361 g/mol. The van der Waals surface area contributed by atoms with Crippen LogP contribution in [0.5, 0.6) is 11.6 Å². The van der Waals surface area contributed by atoms with Crippen LogP contribution in [0.4, 0.5) is 17.6 Å². The van der Waals surface area contributed by atoms with Gasteiger partial charge in [0.25, 0.3) is 0 Å². The summed E-state index contributed by atoms with van der Waals surface area (Å²) in [5, 5.41) is -0.124. The Morgan fingerprint density at radius 1 is 1.00 bits per heavy atom. The van der Waals surface area contributed by atoms with E-state index in [1.807, 2.05) is 0 Å². The van der Waals surface area contributed by atoms with E-state index in [0.29, 0.717) is 12.1 Å². The van der Waals surface area contributed by atoms with Crippen molar-refractivity contribution in [2.75, 3.05) is 0 Å². The second-order valence-corrected chi connectivity index (χ2v) is 4.96. The summed E-state index contributed by atoms with van der Waals surface area (Å²) in [6.07, 6.45) is -4.85. The molecule has 0 aliphatic heterocycles. The van der Waals surface area contributed by atoms with E-state index in [1.54, 1.807) is 0 Å². The van der Waals surface area contributed by atoms with Gasteiger partial charge >= 0.3 is 6.18 Å². The normalized spacial score (nSPS) is 11.6. The van der Waals surface area contributed by atoms with Crippen LogP contribution in [0.25, 0.3) is 0 Å². The van der Waals surface area contributed by atoms with Crippen molar-refractivity contribution >= 4 is 34.8 Å². The number of nitrogens with zero attached hydrogens (tertiary/aromatic N) is 1. The van der Waals surface area contributed by atoms with Crippen LogP contribution in [0.2, 0.25) is 15.2 Å². The van der Waals surface area contributed by atoms with Crippen molar-refractivity contribution in [1.82, 2.24) is 4.98 Å². The zero-order chi connectivity index (χ0) is 15.8. The van der Waals surface area contributed by atoms with Gasteiger partial charge in [0.1, 0.15) is 16.6 Å². The Balaban J connectivity index is 2.39. The molecule has 112 valence electrons. The SMILES string of the molecule is Fc1ccc(Oc2nc(Cl)c(Cl)cc2Cl)cc1C(F)(F)F. The summed E-state index contributed by atoms with van der Waals surface area (Å²) < 4.78 is 56.0. The van der Waals surface area contributed by atoms with Crippen LogP contribution in [0, 0.1) is 5.82 Å². The highest BCUT2D eigenvalue weighted by atomic mass is 35.5. The van der Waals surface area contributed by atoms with Crippen molar-refractivity contribution in [3.05, 3.63) is 50.8 Å². The van der Waals surface area contributed by atoms with Gasteiger partial charge in [0.2, 0.25) is 5.88 Å². The van der Waals surface area contributed by atoms with Crippen molar-refractivity contribution in [1.29, 1.82) is 0 Å². The Hall–Kier alpha value is -1.24. The Kier molecular flexibility index (Phi) is 4.51. The molecular weight excluding hydrogens is 356 g/mol. The molecule has 1 aromatic carbocycles. The third kappa shape index (κ3) is 3.70. The Morgan fingerprint density at radius 2 is 1.67 bits per heavy atom. The summed E-state index contributed by atoms with van der Waals surface area (Å²) in [6.45, 7) is 0. The largest absolute Gasteiger partial charge is 0.437 e. The zero-order valence-corrected chi connectivity index (χ0v) is 12.1. The minimum absolute atomic E-state index is 0.0534. The molecule has 0 saturated carbocycles. The van der Waals surface area contributed by atoms with Gasteiger partial charge in [-0.2, -0.15) is 18.2 Å². The number of hydrogen-bond acceptors (Lipinski definition) is 2. The van der Waals surface area contributed by atoms with Crippen LogP contribution in [0.15, 0.2) is 24.3 Å². The molecule has 0 aliphatic carbocycles. The topological polar surface area (TPSA) is 22.1 Å². The Labute approximate surface area is 131 Å². The third-order valence-corrected chi connectivity index (χ3v) is 3.26. The van der Waals surface area contributed by atoms with Gasteiger partial charge < -0.3 is 4.74 Å². The highest BCUT2D eigenvalue weighted by Crippen LogP contribution is 2.37. The number of hydrogen-bond donors (Lipinski definition) is 0. The molecule has 0 radical (unpaired) electrons. The lowest BCUT2D eigenvalue weighted by atomic mass is 10.2. The summed E-state index contributed by atoms with van der Waals surface area (Å²) in [5.41, 5.74) is -1.46. The molecule has 21 heavy (non-hydrogen) atoms. The first-order chi connectivity index (χ1) is 9.68. The number of alkyl halides is 3. The molecule has 0 N–H and O–H groups in total. The van der Waals surface area contributed by atoms with E-state index < -0.39 is 17.6 Å². The number of ether oxygens (including phenoxy) is 1. The molecule has 2 nitrogen and oxygen atoms in total. The molecule has 0 bridgehead atoms. The van der Waals surface area contributed by atoms with E-state index in [1.165, 1.54) is 6.07 Å². The maximum atomic E-state index is 13.1. The Morgan fingerprint density at radius 3 is 2.29 bits per heavy atom.